The van der Waals surface area contributed by atoms with Gasteiger partial charge in [-0.05, 0) is 19.2 Å². The summed E-state index contributed by atoms with van der Waals surface area (Å²) in [5.74, 6) is 0. The van der Waals surface area contributed by atoms with Crippen LogP contribution >= 0.6 is 0 Å². The lowest BCUT2D eigenvalue weighted by Crippen LogP contribution is -2.18. The van der Waals surface area contributed by atoms with Crippen molar-refractivity contribution in [3.05, 3.63) is 48.7 Å². The number of likely N-dealkylation sites (N-methyl/N-ethyl adjacent to an activating group) is 1. The SMILES string of the molecule is C=CCN(C)Cc1cc(N)c2ccccc2n1. The van der Waals surface area contributed by atoms with E-state index in [-0.39, 0.29) is 0 Å². The highest BCUT2D eigenvalue weighted by Gasteiger charge is 2.04. The van der Waals surface area contributed by atoms with Crippen molar-refractivity contribution in [1.82, 2.24) is 9.88 Å². The standard InChI is InChI=1S/C14H17N3/c1-3-8-17(2)10-11-9-13(15)12-6-4-5-7-14(12)16-11/h3-7,9H,1,8,10H2,2H3,(H2,15,16). The Morgan fingerprint density at radius 2 is 2.18 bits per heavy atom. The number of nitrogens with two attached hydrogens (primary N) is 1. The summed E-state index contributed by atoms with van der Waals surface area (Å²) in [6.07, 6.45) is 1.88. The number of fused-ring (bicyclic) bond motifs is 1. The minimum Gasteiger partial charge on any atom is -0.398 e. The second kappa shape index (κ2) is 4.97. The zero-order chi connectivity index (χ0) is 12.3. The molecule has 1 aromatic heterocycles. The highest BCUT2D eigenvalue weighted by Crippen LogP contribution is 2.20. The van der Waals surface area contributed by atoms with Gasteiger partial charge < -0.3 is 5.73 Å². The maximum Gasteiger partial charge on any atom is 0.0726 e. The molecule has 0 saturated heterocycles. The molecule has 88 valence electrons. The molecule has 0 radical (unpaired) electrons. The Morgan fingerprint density at radius 1 is 1.41 bits per heavy atom. The van der Waals surface area contributed by atoms with E-state index in [0.29, 0.717) is 0 Å². The Morgan fingerprint density at radius 3 is 2.94 bits per heavy atom. The summed E-state index contributed by atoms with van der Waals surface area (Å²) in [5, 5.41) is 1.02. The summed E-state index contributed by atoms with van der Waals surface area (Å²) in [4.78, 5) is 6.74. The van der Waals surface area contributed by atoms with E-state index in [1.165, 1.54) is 0 Å². The number of nitrogens with zero attached hydrogens (tertiary/aromatic N) is 2. The summed E-state index contributed by atoms with van der Waals surface area (Å²) >= 11 is 0. The van der Waals surface area contributed by atoms with Gasteiger partial charge in [0, 0.05) is 24.2 Å². The van der Waals surface area contributed by atoms with Crippen LogP contribution in [0.25, 0.3) is 10.9 Å². The molecule has 1 aromatic carbocycles. The molecule has 0 aliphatic carbocycles. The number of nitrogen functional groups attached to an aromatic ring is 1. The fraction of sp³-hybridized carbons (Fsp3) is 0.214. The molecule has 0 amide bonds. The third-order valence-corrected chi connectivity index (χ3v) is 2.67. The first-order valence-electron chi connectivity index (χ1n) is 5.64. The van der Waals surface area contributed by atoms with E-state index in [1.54, 1.807) is 0 Å². The number of hydrogen-bond acceptors (Lipinski definition) is 3. The van der Waals surface area contributed by atoms with Gasteiger partial charge in [0.25, 0.3) is 0 Å². The van der Waals surface area contributed by atoms with Crippen LogP contribution < -0.4 is 5.73 Å². The number of para-hydroxylation sites is 1. The number of aromatic nitrogens is 1. The van der Waals surface area contributed by atoms with Crippen LogP contribution in [0.4, 0.5) is 5.69 Å². The zero-order valence-corrected chi connectivity index (χ0v) is 10.1. The van der Waals surface area contributed by atoms with Crippen LogP contribution in [0.5, 0.6) is 0 Å². The van der Waals surface area contributed by atoms with E-state index in [1.807, 2.05) is 43.5 Å². The number of pyridine rings is 1. The summed E-state index contributed by atoms with van der Waals surface area (Å²) in [6, 6.07) is 9.88. The van der Waals surface area contributed by atoms with Crippen molar-refractivity contribution >= 4 is 16.6 Å². The average molecular weight is 227 g/mol. The number of benzene rings is 1. The van der Waals surface area contributed by atoms with Crippen LogP contribution in [0.3, 0.4) is 0 Å². The molecule has 0 bridgehead atoms. The maximum absolute atomic E-state index is 6.03. The van der Waals surface area contributed by atoms with Crippen molar-refractivity contribution in [2.75, 3.05) is 19.3 Å². The predicted octanol–water partition coefficient (Wildman–Crippen LogP) is 2.43. The van der Waals surface area contributed by atoms with Gasteiger partial charge in [-0.15, -0.1) is 6.58 Å². The Hall–Kier alpha value is -1.87. The van der Waals surface area contributed by atoms with E-state index in [9.17, 15) is 0 Å². The van der Waals surface area contributed by atoms with Crippen LogP contribution in [0, 0.1) is 0 Å². The zero-order valence-electron chi connectivity index (χ0n) is 10.1. The number of rotatable bonds is 4. The van der Waals surface area contributed by atoms with Gasteiger partial charge in [-0.1, -0.05) is 24.3 Å². The molecule has 0 saturated carbocycles. The van der Waals surface area contributed by atoms with Gasteiger partial charge in [0.1, 0.15) is 0 Å². The third kappa shape index (κ3) is 2.63. The van der Waals surface area contributed by atoms with Gasteiger partial charge in [-0.25, -0.2) is 0 Å². The molecule has 0 spiro atoms. The van der Waals surface area contributed by atoms with Crippen molar-refractivity contribution in [3.8, 4) is 0 Å². The summed E-state index contributed by atoms with van der Waals surface area (Å²) in [6.45, 7) is 5.34. The van der Waals surface area contributed by atoms with E-state index in [4.69, 9.17) is 5.73 Å². The Balaban J connectivity index is 2.33. The number of hydrogen-bond donors (Lipinski definition) is 1. The highest BCUT2D eigenvalue weighted by molar-refractivity contribution is 5.90. The molecule has 2 N–H and O–H groups in total. The Labute approximate surface area is 102 Å². The second-order valence-corrected chi connectivity index (χ2v) is 4.21. The monoisotopic (exact) mass is 227 g/mol. The first-order valence-corrected chi connectivity index (χ1v) is 5.64. The van der Waals surface area contributed by atoms with Crippen molar-refractivity contribution < 1.29 is 0 Å². The van der Waals surface area contributed by atoms with Crippen LogP contribution in [0.1, 0.15) is 5.69 Å². The molecule has 0 fully saturated rings. The first-order chi connectivity index (χ1) is 8.20. The van der Waals surface area contributed by atoms with Gasteiger partial charge in [0.2, 0.25) is 0 Å². The summed E-state index contributed by atoms with van der Waals surface area (Å²) in [5.41, 5.74) is 8.76. The smallest absolute Gasteiger partial charge is 0.0726 e. The van der Waals surface area contributed by atoms with Crippen LogP contribution in [-0.2, 0) is 6.54 Å². The van der Waals surface area contributed by atoms with Gasteiger partial charge in [0.05, 0.1) is 11.2 Å². The van der Waals surface area contributed by atoms with Crippen LogP contribution in [-0.4, -0.2) is 23.5 Å². The quantitative estimate of drug-likeness (QED) is 0.816. The molecule has 0 unspecified atom stereocenters. The lowest BCUT2D eigenvalue weighted by molar-refractivity contribution is 0.359. The number of anilines is 1. The topological polar surface area (TPSA) is 42.1 Å². The van der Waals surface area contributed by atoms with Crippen molar-refractivity contribution in [1.29, 1.82) is 0 Å². The van der Waals surface area contributed by atoms with Crippen LogP contribution in [0.15, 0.2) is 43.0 Å². The molecule has 2 rings (SSSR count). The van der Waals surface area contributed by atoms with Crippen molar-refractivity contribution in [3.63, 3.8) is 0 Å². The largest absolute Gasteiger partial charge is 0.398 e. The van der Waals surface area contributed by atoms with E-state index in [2.05, 4.69) is 16.5 Å². The van der Waals surface area contributed by atoms with E-state index in [0.717, 1.165) is 35.4 Å². The van der Waals surface area contributed by atoms with Crippen molar-refractivity contribution in [2.24, 2.45) is 0 Å². The maximum atomic E-state index is 6.03. The molecule has 0 aliphatic heterocycles. The fourth-order valence-electron chi connectivity index (χ4n) is 1.90. The van der Waals surface area contributed by atoms with Crippen molar-refractivity contribution in [2.45, 2.75) is 6.54 Å². The van der Waals surface area contributed by atoms with E-state index < -0.39 is 0 Å². The summed E-state index contributed by atoms with van der Waals surface area (Å²) < 4.78 is 0. The molecule has 1 heterocycles. The Kier molecular flexibility index (Phi) is 3.40. The molecule has 17 heavy (non-hydrogen) atoms. The van der Waals surface area contributed by atoms with Gasteiger partial charge >= 0.3 is 0 Å². The molecule has 3 nitrogen and oxygen atoms in total. The van der Waals surface area contributed by atoms with E-state index >= 15 is 0 Å². The third-order valence-electron chi connectivity index (χ3n) is 2.67. The van der Waals surface area contributed by atoms with Gasteiger partial charge in [-0.3, -0.25) is 9.88 Å². The normalized spacial score (nSPS) is 10.9. The fourth-order valence-corrected chi connectivity index (χ4v) is 1.90. The van der Waals surface area contributed by atoms with Crippen LogP contribution in [0.2, 0.25) is 0 Å². The average Bonchev–Trinajstić information content (AvgIpc) is 2.29. The molecule has 2 aromatic rings. The minimum absolute atomic E-state index is 0.779. The minimum atomic E-state index is 0.779. The van der Waals surface area contributed by atoms with Gasteiger partial charge in [-0.2, -0.15) is 0 Å². The lowest BCUT2D eigenvalue weighted by atomic mass is 10.1. The summed E-state index contributed by atoms with van der Waals surface area (Å²) in [7, 11) is 2.04. The Bertz CT molecular complexity index is 534. The predicted molar refractivity (Wildman–Crippen MR) is 72.7 cm³/mol. The molecule has 0 atom stereocenters. The second-order valence-electron chi connectivity index (χ2n) is 4.21. The molecule has 0 aliphatic rings. The van der Waals surface area contributed by atoms with Gasteiger partial charge in [0.15, 0.2) is 0 Å². The highest BCUT2D eigenvalue weighted by atomic mass is 15.1. The molecular formula is C14H17N3. The lowest BCUT2D eigenvalue weighted by Gasteiger charge is -2.14. The molecule has 3 heteroatoms. The molecular weight excluding hydrogens is 210 g/mol. The first kappa shape index (κ1) is 11.6.